The highest BCUT2D eigenvalue weighted by Gasteiger charge is 2.35. The molecular formula is C10H12N2O5. The zero-order valence-corrected chi connectivity index (χ0v) is 8.87. The third-order valence-electron chi connectivity index (χ3n) is 2.58. The summed E-state index contributed by atoms with van der Waals surface area (Å²) in [6.45, 7) is -0.788. The van der Waals surface area contributed by atoms with E-state index in [1.54, 1.807) is 0 Å². The van der Waals surface area contributed by atoms with Gasteiger partial charge in [0.1, 0.15) is 5.60 Å². The van der Waals surface area contributed by atoms with Crippen molar-refractivity contribution in [3.63, 3.8) is 0 Å². The first-order chi connectivity index (χ1) is 8.10. The van der Waals surface area contributed by atoms with Crippen molar-refractivity contribution >= 4 is 0 Å². The molecule has 1 aliphatic rings. The van der Waals surface area contributed by atoms with Gasteiger partial charge in [-0.1, -0.05) is 0 Å². The summed E-state index contributed by atoms with van der Waals surface area (Å²) in [6, 6.07) is 1.19. The zero-order valence-electron chi connectivity index (χ0n) is 8.87. The number of ether oxygens (including phenoxy) is 1. The quantitative estimate of drug-likeness (QED) is 0.549. The Balaban J connectivity index is 2.31. The summed E-state index contributed by atoms with van der Waals surface area (Å²) in [6.07, 6.45) is 3.57. The number of hydrogen-bond donors (Lipinski definition) is 3. The van der Waals surface area contributed by atoms with Gasteiger partial charge in [-0.05, 0) is 12.2 Å². The van der Waals surface area contributed by atoms with Gasteiger partial charge in [0.25, 0.3) is 5.56 Å². The Morgan fingerprint density at radius 1 is 1.41 bits per heavy atom. The number of aromatic nitrogens is 2. The van der Waals surface area contributed by atoms with Crippen LogP contribution in [0.2, 0.25) is 0 Å². The number of rotatable bonds is 3. The van der Waals surface area contributed by atoms with Crippen LogP contribution in [0, 0.1) is 0 Å². The third kappa shape index (κ3) is 2.07. The summed E-state index contributed by atoms with van der Waals surface area (Å²) in [5, 5.41) is 18.2. The van der Waals surface area contributed by atoms with E-state index in [1.165, 1.54) is 24.4 Å². The monoisotopic (exact) mass is 240 g/mol. The van der Waals surface area contributed by atoms with Crippen molar-refractivity contribution in [2.45, 2.75) is 11.8 Å². The molecule has 1 atom stereocenters. The van der Waals surface area contributed by atoms with Crippen LogP contribution in [0.15, 0.2) is 34.0 Å². The van der Waals surface area contributed by atoms with Crippen LogP contribution >= 0.6 is 0 Å². The van der Waals surface area contributed by atoms with Crippen molar-refractivity contribution in [1.29, 1.82) is 0 Å². The summed E-state index contributed by atoms with van der Waals surface area (Å²) >= 11 is 0. The van der Waals surface area contributed by atoms with Gasteiger partial charge in [-0.25, -0.2) is 4.79 Å². The van der Waals surface area contributed by atoms with Crippen molar-refractivity contribution in [3.05, 3.63) is 45.3 Å². The Kier molecular flexibility index (Phi) is 2.97. The van der Waals surface area contributed by atoms with Crippen LogP contribution in [0.3, 0.4) is 0 Å². The molecule has 17 heavy (non-hydrogen) atoms. The molecule has 0 saturated heterocycles. The molecular weight excluding hydrogens is 228 g/mol. The number of aromatic amines is 1. The molecule has 0 radical (unpaired) electrons. The summed E-state index contributed by atoms with van der Waals surface area (Å²) in [4.78, 5) is 24.5. The van der Waals surface area contributed by atoms with E-state index in [1.807, 2.05) is 0 Å². The lowest BCUT2D eigenvalue weighted by Crippen LogP contribution is -2.39. The molecule has 0 bridgehead atoms. The first-order valence-corrected chi connectivity index (χ1v) is 5.00. The van der Waals surface area contributed by atoms with Crippen LogP contribution in [-0.2, 0) is 4.74 Å². The van der Waals surface area contributed by atoms with Gasteiger partial charge >= 0.3 is 5.69 Å². The topological polar surface area (TPSA) is 105 Å². The Morgan fingerprint density at radius 3 is 2.65 bits per heavy atom. The number of nitrogens with zero attached hydrogens (tertiary/aromatic N) is 1. The highest BCUT2D eigenvalue weighted by Crippen LogP contribution is 2.27. The molecule has 0 aliphatic carbocycles. The first kappa shape index (κ1) is 11.8. The van der Waals surface area contributed by atoms with Gasteiger partial charge in [0, 0.05) is 12.3 Å². The van der Waals surface area contributed by atoms with Crippen LogP contribution in [0.25, 0.3) is 0 Å². The van der Waals surface area contributed by atoms with E-state index in [0.29, 0.717) is 0 Å². The van der Waals surface area contributed by atoms with E-state index in [2.05, 4.69) is 4.98 Å². The molecule has 7 heteroatoms. The molecule has 0 unspecified atom stereocenters. The standard InChI is InChI=1S/C10H12N2O5/c13-5-10(6-14)3-1-8(17-10)12-4-2-7(15)11-9(12)16/h1-4,8,13-14H,5-6H2,(H,11,15,16)/t8-/m1/s1. The van der Waals surface area contributed by atoms with Crippen LogP contribution < -0.4 is 11.2 Å². The van der Waals surface area contributed by atoms with Gasteiger partial charge in [0.15, 0.2) is 6.23 Å². The molecule has 7 nitrogen and oxygen atoms in total. The fourth-order valence-electron chi connectivity index (χ4n) is 1.58. The Labute approximate surface area is 95.6 Å². The molecule has 1 aliphatic heterocycles. The van der Waals surface area contributed by atoms with E-state index < -0.39 is 36.3 Å². The molecule has 0 saturated carbocycles. The number of hydrogen-bond acceptors (Lipinski definition) is 5. The summed E-state index contributed by atoms with van der Waals surface area (Å²) in [7, 11) is 0. The first-order valence-electron chi connectivity index (χ1n) is 5.00. The average molecular weight is 240 g/mol. The fraction of sp³-hybridized carbons (Fsp3) is 0.400. The third-order valence-corrected chi connectivity index (χ3v) is 2.58. The predicted molar refractivity (Wildman–Crippen MR) is 57.5 cm³/mol. The highest BCUT2D eigenvalue weighted by atomic mass is 16.5. The normalized spacial score (nSPS) is 21.9. The molecule has 92 valence electrons. The van der Waals surface area contributed by atoms with Crippen molar-refractivity contribution in [2.75, 3.05) is 13.2 Å². The Bertz CT molecular complexity index is 540. The number of nitrogens with one attached hydrogen (secondary N) is 1. The van der Waals surface area contributed by atoms with Crippen LogP contribution in [0.1, 0.15) is 6.23 Å². The summed E-state index contributed by atoms with van der Waals surface area (Å²) < 4.78 is 6.54. The maximum Gasteiger partial charge on any atom is 0.330 e. The lowest BCUT2D eigenvalue weighted by Gasteiger charge is -2.24. The van der Waals surface area contributed by atoms with Gasteiger partial charge < -0.3 is 14.9 Å². The van der Waals surface area contributed by atoms with Crippen LogP contribution in [0.4, 0.5) is 0 Å². The van der Waals surface area contributed by atoms with Crippen LogP contribution in [0.5, 0.6) is 0 Å². The smallest absolute Gasteiger partial charge is 0.330 e. The summed E-state index contributed by atoms with van der Waals surface area (Å²) in [5.74, 6) is 0. The maximum absolute atomic E-state index is 11.5. The lowest BCUT2D eigenvalue weighted by atomic mass is 10.1. The van der Waals surface area contributed by atoms with Gasteiger partial charge in [-0.3, -0.25) is 14.3 Å². The van der Waals surface area contributed by atoms with E-state index in [-0.39, 0.29) is 0 Å². The molecule has 3 N–H and O–H groups in total. The van der Waals surface area contributed by atoms with Crippen molar-refractivity contribution < 1.29 is 14.9 Å². The molecule has 2 rings (SSSR count). The number of aliphatic hydroxyl groups excluding tert-OH is 2. The molecule has 0 spiro atoms. The minimum atomic E-state index is -1.18. The molecule has 1 aromatic heterocycles. The van der Waals surface area contributed by atoms with E-state index in [9.17, 15) is 9.59 Å². The SMILES string of the molecule is O=c1ccn([C@H]2C=CC(CO)(CO)O2)c(=O)[nH]1. The lowest BCUT2D eigenvalue weighted by molar-refractivity contribution is -0.107. The number of H-pyrrole nitrogens is 1. The van der Waals surface area contributed by atoms with Crippen molar-refractivity contribution in [3.8, 4) is 0 Å². The zero-order chi connectivity index (χ0) is 12.5. The van der Waals surface area contributed by atoms with Crippen molar-refractivity contribution in [2.24, 2.45) is 0 Å². The number of aliphatic hydroxyl groups is 2. The van der Waals surface area contributed by atoms with E-state index in [0.717, 1.165) is 4.57 Å². The van der Waals surface area contributed by atoms with E-state index in [4.69, 9.17) is 14.9 Å². The van der Waals surface area contributed by atoms with Gasteiger partial charge in [-0.15, -0.1) is 0 Å². The van der Waals surface area contributed by atoms with Crippen molar-refractivity contribution in [1.82, 2.24) is 9.55 Å². The Morgan fingerprint density at radius 2 is 2.12 bits per heavy atom. The average Bonchev–Trinajstić information content (AvgIpc) is 2.74. The largest absolute Gasteiger partial charge is 0.393 e. The Hall–Kier alpha value is -1.70. The van der Waals surface area contributed by atoms with Gasteiger partial charge in [0.05, 0.1) is 13.2 Å². The van der Waals surface area contributed by atoms with Crippen LogP contribution in [-0.4, -0.2) is 38.6 Å². The fourth-order valence-corrected chi connectivity index (χ4v) is 1.58. The molecule has 0 fully saturated rings. The van der Waals surface area contributed by atoms with Gasteiger partial charge in [-0.2, -0.15) is 0 Å². The molecule has 0 amide bonds. The van der Waals surface area contributed by atoms with E-state index >= 15 is 0 Å². The minimum absolute atomic E-state index is 0.394. The highest BCUT2D eigenvalue weighted by molar-refractivity contribution is 5.11. The molecule has 2 heterocycles. The predicted octanol–water partition coefficient (Wildman–Crippen LogP) is -1.65. The second-order valence-corrected chi connectivity index (χ2v) is 3.77. The summed E-state index contributed by atoms with van der Waals surface area (Å²) in [5.41, 5.74) is -2.29. The molecule has 1 aromatic rings. The molecule has 0 aromatic carbocycles. The van der Waals surface area contributed by atoms with Gasteiger partial charge in [0.2, 0.25) is 0 Å². The minimum Gasteiger partial charge on any atom is -0.393 e. The second-order valence-electron chi connectivity index (χ2n) is 3.77. The maximum atomic E-state index is 11.5. The second kappa shape index (κ2) is 4.28.